The molecule has 1 heterocycles. The normalized spacial score (nSPS) is 18.8. The molecular weight excluding hydrogens is 1100 g/mol. The van der Waals surface area contributed by atoms with E-state index in [1.165, 1.54) is 135 Å². The van der Waals surface area contributed by atoms with Crippen molar-refractivity contribution in [2.75, 3.05) is 13.2 Å². The molecule has 0 aromatic carbocycles. The maximum Gasteiger partial charge on any atom is 0.220 e. The number of aliphatic hydroxyl groups is 5. The summed E-state index contributed by atoms with van der Waals surface area (Å²) in [6, 6.07) is -0.846. The Morgan fingerprint density at radius 2 is 0.708 bits per heavy atom. The summed E-state index contributed by atoms with van der Waals surface area (Å²) in [5.41, 5.74) is 0. The van der Waals surface area contributed by atoms with Gasteiger partial charge in [0.1, 0.15) is 24.4 Å². The Bertz CT molecular complexity index is 1970. The monoisotopic (exact) mass is 1240 g/mol. The first-order chi connectivity index (χ1) is 43.8. The fourth-order valence-electron chi connectivity index (χ4n) is 10.5. The highest BCUT2D eigenvalue weighted by molar-refractivity contribution is 5.76. The summed E-state index contributed by atoms with van der Waals surface area (Å²) in [4.78, 5) is 13.1. The first-order valence-electron chi connectivity index (χ1n) is 36.2. The summed E-state index contributed by atoms with van der Waals surface area (Å²) in [6.45, 7) is 3.65. The maximum atomic E-state index is 13.1. The number of nitrogens with one attached hydrogen (secondary N) is 1. The lowest BCUT2D eigenvalue weighted by Gasteiger charge is -2.40. The SMILES string of the molecule is CC/C=C\C/C=C\C/C=C\C/C=C\C/C=C\C/C=C\C/C=C\C/C=C\C/C=C\C/C=C\CCCCCCCCCCC(=O)NC(COC1OC(CO)C(O)C(O)C1O)C(O)/C=C/CC/C=C/CC/C=C/CCCCCCCCCCCCCCCCCCC. The Labute approximate surface area is 546 Å². The van der Waals surface area contributed by atoms with Crippen LogP contribution in [0.25, 0.3) is 0 Å². The van der Waals surface area contributed by atoms with Crippen molar-refractivity contribution in [3.8, 4) is 0 Å². The lowest BCUT2D eigenvalue weighted by atomic mass is 9.99. The number of hydrogen-bond acceptors (Lipinski definition) is 8. The van der Waals surface area contributed by atoms with Crippen LogP contribution in [0, 0.1) is 0 Å². The van der Waals surface area contributed by atoms with Gasteiger partial charge in [0.05, 0.1) is 25.4 Å². The number of carbonyl (C=O) groups excluding carboxylic acids is 1. The van der Waals surface area contributed by atoms with E-state index in [0.29, 0.717) is 6.42 Å². The molecule has 0 spiro atoms. The maximum absolute atomic E-state index is 13.1. The van der Waals surface area contributed by atoms with Gasteiger partial charge in [0.2, 0.25) is 5.91 Å². The minimum absolute atomic E-state index is 0.204. The third kappa shape index (κ3) is 55.2. The second kappa shape index (κ2) is 66.7. The van der Waals surface area contributed by atoms with Crippen molar-refractivity contribution < 1.29 is 39.8 Å². The molecule has 6 N–H and O–H groups in total. The molecule has 0 aromatic rings. The third-order valence-electron chi connectivity index (χ3n) is 16.1. The van der Waals surface area contributed by atoms with Gasteiger partial charge in [0.25, 0.3) is 0 Å². The third-order valence-corrected chi connectivity index (χ3v) is 16.1. The van der Waals surface area contributed by atoms with Gasteiger partial charge in [-0.05, 0) is 122 Å². The van der Waals surface area contributed by atoms with Crippen molar-refractivity contribution in [1.82, 2.24) is 5.32 Å². The van der Waals surface area contributed by atoms with Crippen LogP contribution in [0.1, 0.15) is 284 Å². The zero-order valence-corrected chi connectivity index (χ0v) is 56.6. The highest BCUT2D eigenvalue weighted by atomic mass is 16.7. The molecule has 1 aliphatic rings. The van der Waals surface area contributed by atoms with Crippen LogP contribution in [-0.2, 0) is 14.3 Å². The number of allylic oxidation sites excluding steroid dienone is 25. The second-order valence-electron chi connectivity index (χ2n) is 24.3. The van der Waals surface area contributed by atoms with Gasteiger partial charge in [-0.3, -0.25) is 4.79 Å². The van der Waals surface area contributed by atoms with E-state index >= 15 is 0 Å². The van der Waals surface area contributed by atoms with Crippen molar-refractivity contribution in [3.05, 3.63) is 158 Å². The number of aliphatic hydroxyl groups excluding tert-OH is 5. The number of amides is 1. The molecule has 0 saturated carbocycles. The van der Waals surface area contributed by atoms with E-state index in [-0.39, 0.29) is 12.5 Å². The van der Waals surface area contributed by atoms with Crippen molar-refractivity contribution >= 4 is 5.91 Å². The van der Waals surface area contributed by atoms with Gasteiger partial charge in [-0.1, -0.05) is 313 Å². The van der Waals surface area contributed by atoms with E-state index in [1.807, 2.05) is 6.08 Å². The summed E-state index contributed by atoms with van der Waals surface area (Å²) < 4.78 is 11.3. The van der Waals surface area contributed by atoms with Crippen LogP contribution in [0.3, 0.4) is 0 Å². The quantitative estimate of drug-likeness (QED) is 0.0261. The van der Waals surface area contributed by atoms with Crippen LogP contribution in [0.4, 0.5) is 0 Å². The van der Waals surface area contributed by atoms with Crippen LogP contribution >= 0.6 is 0 Å². The fraction of sp³-hybridized carbons (Fsp3) is 0.662. The Morgan fingerprint density at radius 3 is 1.08 bits per heavy atom. The van der Waals surface area contributed by atoms with E-state index in [9.17, 15) is 30.3 Å². The minimum Gasteiger partial charge on any atom is -0.394 e. The van der Waals surface area contributed by atoms with E-state index in [4.69, 9.17) is 9.47 Å². The molecule has 1 rings (SSSR count). The molecule has 1 aliphatic heterocycles. The molecule has 7 unspecified atom stereocenters. The summed E-state index contributed by atoms with van der Waals surface area (Å²) >= 11 is 0. The summed E-state index contributed by atoms with van der Waals surface area (Å²) in [6.07, 6.45) is 97.7. The predicted molar refractivity (Wildman–Crippen MR) is 382 cm³/mol. The van der Waals surface area contributed by atoms with Crippen LogP contribution in [0.5, 0.6) is 0 Å². The first-order valence-corrected chi connectivity index (χ1v) is 36.2. The Balaban J connectivity index is 2.19. The number of carbonyl (C=O) groups is 1. The van der Waals surface area contributed by atoms with Gasteiger partial charge in [0.15, 0.2) is 6.29 Å². The van der Waals surface area contributed by atoms with Gasteiger partial charge in [0, 0.05) is 6.42 Å². The van der Waals surface area contributed by atoms with E-state index < -0.39 is 49.5 Å². The van der Waals surface area contributed by atoms with Crippen molar-refractivity contribution in [3.63, 3.8) is 0 Å². The van der Waals surface area contributed by atoms with Gasteiger partial charge in [-0.2, -0.15) is 0 Å². The lowest BCUT2D eigenvalue weighted by Crippen LogP contribution is -2.60. The van der Waals surface area contributed by atoms with Crippen molar-refractivity contribution in [2.24, 2.45) is 0 Å². The number of hydrogen-bond donors (Lipinski definition) is 6. The molecule has 0 radical (unpaired) electrons. The molecule has 9 nitrogen and oxygen atoms in total. The highest BCUT2D eigenvalue weighted by Gasteiger charge is 2.44. The summed E-state index contributed by atoms with van der Waals surface area (Å²) in [5.74, 6) is -0.204. The molecule has 0 aliphatic carbocycles. The summed E-state index contributed by atoms with van der Waals surface area (Å²) in [7, 11) is 0. The molecule has 7 atom stereocenters. The van der Waals surface area contributed by atoms with Crippen LogP contribution < -0.4 is 5.32 Å². The number of unbranched alkanes of at least 4 members (excludes halogenated alkanes) is 27. The van der Waals surface area contributed by atoms with Crippen LogP contribution in [0.2, 0.25) is 0 Å². The van der Waals surface area contributed by atoms with Crippen LogP contribution in [0.15, 0.2) is 158 Å². The van der Waals surface area contributed by atoms with E-state index in [1.54, 1.807) is 6.08 Å². The van der Waals surface area contributed by atoms with Crippen LogP contribution in [-0.4, -0.2) is 87.5 Å². The predicted octanol–water partition coefficient (Wildman–Crippen LogP) is 20.3. The Hall–Kier alpha value is -4.19. The molecule has 506 valence electrons. The number of ether oxygens (including phenoxy) is 2. The average molecular weight is 1240 g/mol. The zero-order valence-electron chi connectivity index (χ0n) is 56.6. The second-order valence-corrected chi connectivity index (χ2v) is 24.3. The first kappa shape index (κ1) is 82.8. The van der Waals surface area contributed by atoms with Crippen molar-refractivity contribution in [2.45, 2.75) is 326 Å². The van der Waals surface area contributed by atoms with E-state index in [0.717, 1.165) is 128 Å². The zero-order chi connectivity index (χ0) is 64.2. The largest absolute Gasteiger partial charge is 0.394 e. The van der Waals surface area contributed by atoms with Gasteiger partial charge in [-0.25, -0.2) is 0 Å². The molecule has 1 saturated heterocycles. The lowest BCUT2D eigenvalue weighted by molar-refractivity contribution is -0.302. The highest BCUT2D eigenvalue weighted by Crippen LogP contribution is 2.23. The molecule has 9 heteroatoms. The smallest absolute Gasteiger partial charge is 0.220 e. The Morgan fingerprint density at radius 1 is 0.393 bits per heavy atom. The van der Waals surface area contributed by atoms with Gasteiger partial charge in [-0.15, -0.1) is 0 Å². The summed E-state index contributed by atoms with van der Waals surface area (Å²) in [5, 5.41) is 54.7. The fourth-order valence-corrected chi connectivity index (χ4v) is 10.5. The van der Waals surface area contributed by atoms with E-state index in [2.05, 4.69) is 165 Å². The minimum atomic E-state index is -1.59. The van der Waals surface area contributed by atoms with Gasteiger partial charge >= 0.3 is 0 Å². The molecule has 0 aromatic heterocycles. The molecular formula is C80H133NO8. The standard InChI is InChI=1S/C80H133NO8/c1-3-5-7-9-11-13-15-17-19-21-23-25-27-29-31-32-33-34-35-36-37-38-39-40-41-42-44-46-48-50-52-54-56-58-60-62-64-66-68-70-76(84)81-73(72-88-80-79(87)78(86)77(85)75(71-82)89-80)74(83)69-67-65-63-61-59-57-55-53-51-49-47-45-43-30-28-26-24-22-20-18-16-14-12-10-8-6-4-2/h5,7,11,13,17,19,23,25,29,31,33-34,36-37,39-40,42,44,48,50-51,53,59,61,67,69,73-75,77-80,82-83,85-87H,3-4,6,8-10,12,14-16,18,20-22,24,26-28,30,32,35,38,41,43,45-47,49,52,54-58,60,62-66,68,70-72H2,1-2H3,(H,81,84)/b7-5-,13-11-,19-17-,25-23-,31-29-,34-33-,37-36-,40-39-,44-42-,50-48-,53-51+,61-59+,69-67+. The molecule has 1 amide bonds. The molecule has 0 bridgehead atoms. The number of rotatable bonds is 61. The molecule has 1 fully saturated rings. The molecule has 89 heavy (non-hydrogen) atoms. The average Bonchev–Trinajstić information content (AvgIpc) is 2.42. The Kier molecular flexibility index (Phi) is 62.1. The van der Waals surface area contributed by atoms with Gasteiger partial charge < -0.3 is 40.3 Å². The topological polar surface area (TPSA) is 149 Å². The van der Waals surface area contributed by atoms with Crippen molar-refractivity contribution in [1.29, 1.82) is 0 Å².